The average Bonchev–Trinajstić information content (AvgIpc) is 1.68. The highest BCUT2D eigenvalue weighted by Gasteiger charge is 2.40. The number of ketones is 1. The van der Waals surface area contributed by atoms with Crippen molar-refractivity contribution in [1.29, 1.82) is 0 Å². The highest BCUT2D eigenvalue weighted by molar-refractivity contribution is 6.32. The Morgan fingerprint density at radius 3 is 0.944 bits per heavy atom. The van der Waals surface area contributed by atoms with Gasteiger partial charge in [0, 0.05) is 176 Å². The molecule has 8 heterocycles. The van der Waals surface area contributed by atoms with Crippen LogP contribution >= 0.6 is 11.6 Å². The molecule has 30 nitrogen and oxygen atoms in total. The SMILES string of the molecule is COCCCOc1cc2c(cc1C(C)=O)-c1cc(=O)c(C(=O)O)cn1[C@H](C(C)(C)C)CO2.COCCCOc1cc2c(cc1C1CC1)-c1cc(=O)c(C(=O)O)cn1[C@H](C(C)(C)C)CO2.COCCCOc1cc2c(cc1Cl)-c1cc(=O)c(C(=O)O)cn1[C@H](C(C)(C)C)CO2.COCCCOc1cc2c(cc1OC)-c1cc(=O)c(C(=O)O)cn1[C@H](C(C)(C)C)CO2. The summed E-state index contributed by atoms with van der Waals surface area (Å²) < 4.78 is 81.3. The van der Waals surface area contributed by atoms with Crippen LogP contribution < -0.4 is 64.3 Å². The summed E-state index contributed by atoms with van der Waals surface area (Å²) in [5.74, 6) is 0.143. The molecule has 1 saturated carbocycles. The Balaban J connectivity index is 0.000000174. The van der Waals surface area contributed by atoms with Crippen LogP contribution in [0.4, 0.5) is 0 Å². The number of fused-ring (bicyclic) bond motifs is 12. The maximum atomic E-state index is 12.6. The second-order valence-electron chi connectivity index (χ2n) is 35.5. The molecule has 4 aliphatic heterocycles. The molecule has 31 heteroatoms. The lowest BCUT2D eigenvalue weighted by Gasteiger charge is -2.32. The van der Waals surface area contributed by atoms with Crippen molar-refractivity contribution in [3.05, 3.63) is 177 Å². The van der Waals surface area contributed by atoms with E-state index in [-0.39, 0.29) is 80.5 Å². The molecule has 674 valence electrons. The normalized spacial score (nSPS) is 16.0. The number of carboxylic acids is 4. The monoisotopic (exact) mass is 1750 g/mol. The molecule has 1 aliphatic carbocycles. The molecule has 4 aromatic heterocycles. The number of ether oxygens (including phenoxy) is 13. The van der Waals surface area contributed by atoms with Crippen LogP contribution in [0.2, 0.25) is 5.02 Å². The number of carbonyl (C=O) groups is 5. The van der Waals surface area contributed by atoms with Crippen LogP contribution in [-0.2, 0) is 18.9 Å². The molecule has 0 amide bonds. The molecular weight excluding hydrogens is 1640 g/mol. The Morgan fingerprint density at radius 1 is 0.360 bits per heavy atom. The van der Waals surface area contributed by atoms with Crippen LogP contribution in [0, 0.1) is 21.7 Å². The molecule has 0 spiro atoms. The Bertz CT molecular complexity index is 5550. The van der Waals surface area contributed by atoms with Crippen molar-refractivity contribution in [3.8, 4) is 96.8 Å². The fourth-order valence-corrected chi connectivity index (χ4v) is 15.3. The summed E-state index contributed by atoms with van der Waals surface area (Å²) in [7, 11) is 8.09. The second kappa shape index (κ2) is 40.7. The van der Waals surface area contributed by atoms with Crippen molar-refractivity contribution in [3.63, 3.8) is 0 Å². The third-order valence-electron chi connectivity index (χ3n) is 22.2. The van der Waals surface area contributed by atoms with Crippen molar-refractivity contribution in [2.75, 3.05) is 115 Å². The number of methoxy groups -OCH3 is 5. The Kier molecular flexibility index (Phi) is 31.2. The molecule has 0 saturated heterocycles. The molecule has 0 radical (unpaired) electrons. The topological polar surface area (TPSA) is 374 Å². The zero-order valence-electron chi connectivity index (χ0n) is 74.3. The molecule has 13 rings (SSSR count). The van der Waals surface area contributed by atoms with Gasteiger partial charge in [0.1, 0.15) is 88.9 Å². The maximum Gasteiger partial charge on any atom is 0.341 e. The first-order valence-corrected chi connectivity index (χ1v) is 41.8. The van der Waals surface area contributed by atoms with Crippen molar-refractivity contribution >= 4 is 41.3 Å². The van der Waals surface area contributed by atoms with Gasteiger partial charge in [-0.2, -0.15) is 0 Å². The van der Waals surface area contributed by atoms with Gasteiger partial charge >= 0.3 is 23.9 Å². The van der Waals surface area contributed by atoms with Crippen molar-refractivity contribution in [2.24, 2.45) is 21.7 Å². The Labute approximate surface area is 730 Å². The summed E-state index contributed by atoms with van der Waals surface area (Å²) in [6, 6.07) is 18.9. The molecular formula is C94H115ClN4O26. The third-order valence-corrected chi connectivity index (χ3v) is 22.5. The van der Waals surface area contributed by atoms with Gasteiger partial charge in [-0.15, -0.1) is 0 Å². The molecule has 1 fully saturated rings. The molecule has 4 atom stereocenters. The van der Waals surface area contributed by atoms with Crippen LogP contribution in [-0.4, -0.2) is 183 Å². The number of Topliss-reactive ketones (excluding diaryl/α,β-unsaturated/α-hetero) is 1. The second-order valence-corrected chi connectivity index (χ2v) is 35.9. The van der Waals surface area contributed by atoms with E-state index in [9.17, 15) is 63.6 Å². The van der Waals surface area contributed by atoms with E-state index in [1.165, 1.54) is 56.0 Å². The number of pyridine rings is 4. The largest absolute Gasteiger partial charge is 0.493 e. The van der Waals surface area contributed by atoms with Gasteiger partial charge in [0.05, 0.1) is 91.1 Å². The van der Waals surface area contributed by atoms with E-state index in [2.05, 4.69) is 26.8 Å². The predicted molar refractivity (Wildman–Crippen MR) is 470 cm³/mol. The first-order chi connectivity index (χ1) is 59.0. The molecule has 5 aliphatic rings. The number of halogens is 1. The number of benzene rings is 4. The minimum absolute atomic E-state index is 0.154. The lowest BCUT2D eigenvalue weighted by molar-refractivity contribution is 0.0682. The van der Waals surface area contributed by atoms with Gasteiger partial charge in [-0.3, -0.25) is 24.0 Å². The third kappa shape index (κ3) is 22.8. The highest BCUT2D eigenvalue weighted by Crippen LogP contribution is 2.52. The van der Waals surface area contributed by atoms with E-state index < -0.39 is 45.6 Å². The molecule has 4 aromatic carbocycles. The number of rotatable bonds is 27. The van der Waals surface area contributed by atoms with Gasteiger partial charge < -0.3 is 100 Å². The number of carboxylic acid groups (broad SMARTS) is 4. The lowest BCUT2D eigenvalue weighted by Crippen LogP contribution is -2.31. The summed E-state index contributed by atoms with van der Waals surface area (Å²) in [6.07, 6.45) is 10.7. The number of aromatic carboxylic acids is 4. The Morgan fingerprint density at radius 2 is 0.640 bits per heavy atom. The molecule has 8 aromatic rings. The summed E-state index contributed by atoms with van der Waals surface area (Å²) in [5, 5.41) is 38.3. The summed E-state index contributed by atoms with van der Waals surface area (Å²) in [6.45, 7) is 31.4. The summed E-state index contributed by atoms with van der Waals surface area (Å²) in [5.41, 5.74) is 2.04. The molecule has 0 bridgehead atoms. The van der Waals surface area contributed by atoms with Crippen molar-refractivity contribution < 1.29 is 106 Å². The number of carbonyl (C=O) groups excluding carboxylic acids is 1. The summed E-state index contributed by atoms with van der Waals surface area (Å²) >= 11 is 6.45. The highest BCUT2D eigenvalue weighted by atomic mass is 35.5. The first-order valence-electron chi connectivity index (χ1n) is 41.4. The van der Waals surface area contributed by atoms with E-state index in [4.69, 9.17) is 73.2 Å². The number of hydrogen-bond acceptors (Lipinski definition) is 22. The molecule has 0 unspecified atom stereocenters. The van der Waals surface area contributed by atoms with Crippen molar-refractivity contribution in [2.45, 2.75) is 159 Å². The molecule has 125 heavy (non-hydrogen) atoms. The number of aromatic nitrogens is 4. The van der Waals surface area contributed by atoms with Gasteiger partial charge in [0.25, 0.3) is 0 Å². The first kappa shape index (κ1) is 95.8. The van der Waals surface area contributed by atoms with Crippen LogP contribution in [0.1, 0.15) is 216 Å². The maximum absolute atomic E-state index is 12.6. The fraction of sp³-hybridized carbons (Fsp3) is 0.479. The van der Waals surface area contributed by atoms with E-state index in [0.717, 1.165) is 42.6 Å². The molecule has 4 N–H and O–H groups in total. The zero-order chi connectivity index (χ0) is 91.5. The van der Waals surface area contributed by atoms with Gasteiger partial charge in [0.2, 0.25) is 0 Å². The fourth-order valence-electron chi connectivity index (χ4n) is 15.1. The summed E-state index contributed by atoms with van der Waals surface area (Å²) in [4.78, 5) is 109. The Hall–Kier alpha value is -11.4. The van der Waals surface area contributed by atoms with Crippen LogP contribution in [0.25, 0.3) is 45.0 Å². The van der Waals surface area contributed by atoms with Crippen LogP contribution in [0.3, 0.4) is 0 Å². The van der Waals surface area contributed by atoms with E-state index in [1.54, 1.807) is 76.5 Å². The predicted octanol–water partition coefficient (Wildman–Crippen LogP) is 16.2. The van der Waals surface area contributed by atoms with E-state index in [0.29, 0.717) is 187 Å². The van der Waals surface area contributed by atoms with E-state index in [1.807, 2.05) is 82.1 Å². The minimum Gasteiger partial charge on any atom is -0.493 e. The smallest absolute Gasteiger partial charge is 0.341 e. The van der Waals surface area contributed by atoms with E-state index >= 15 is 0 Å². The zero-order valence-corrected chi connectivity index (χ0v) is 75.0. The van der Waals surface area contributed by atoms with Gasteiger partial charge in [0.15, 0.2) is 39.0 Å². The van der Waals surface area contributed by atoms with Crippen LogP contribution in [0.5, 0.6) is 51.7 Å². The number of hydrogen-bond donors (Lipinski definition) is 4. The van der Waals surface area contributed by atoms with Gasteiger partial charge in [-0.25, -0.2) is 19.2 Å². The van der Waals surface area contributed by atoms with Crippen molar-refractivity contribution in [1.82, 2.24) is 18.3 Å². The lowest BCUT2D eigenvalue weighted by atomic mass is 9.86. The van der Waals surface area contributed by atoms with Crippen LogP contribution in [0.15, 0.2) is 117 Å². The van der Waals surface area contributed by atoms with Gasteiger partial charge in [-0.1, -0.05) is 94.7 Å². The standard InChI is InChI=1S/C25H31NO6.C24H29NO7.C23H29NO7.C22H26ClNO6/c1-25(2,3)23-14-32-22-12-21(31-9-5-8-30-4)16(15-6-7-15)10-17(22)19-11-20(27)18(24(28)29)13-26(19)23;1-14(26)15-9-16-18-10-19(27)17(23(28)29)12-25(18)22(24(2,3)4)13-32-21(16)11-20(15)31-8-6-7-30-5;1-23(2,3)21-13-31-18-11-20(30-8-6-7-28-4)19(29-5)9-14(18)16-10-17(25)15(22(26)27)12-24(16)21;1-22(2,3)20-12-30-18-10-19(29-7-5-6-28-4)15(23)8-13(18)16-9-17(25)14(21(26)27)11-24(16)20/h10-13,15,23H,5-9,14H2,1-4H3,(H,28,29);9-12,22H,6-8,13H2,1-5H3,(H,28,29);9-12,21H,6-8,13H2,1-5H3,(H,26,27);8-11,20H,5-7,12H2,1-4H3,(H,26,27)/t23-;22-;21-;20-/m0000/s1. The average molecular weight is 1750 g/mol. The minimum atomic E-state index is -1.28. The number of nitrogens with zero attached hydrogens (tertiary/aromatic N) is 4. The quantitative estimate of drug-likeness (QED) is 0.0274. The van der Waals surface area contributed by atoms with Gasteiger partial charge in [-0.05, 0) is 77.2 Å².